The first kappa shape index (κ1) is 14.8. The van der Waals surface area contributed by atoms with E-state index in [0.717, 1.165) is 5.56 Å². The number of hydrogen-bond acceptors (Lipinski definition) is 5. The zero-order chi connectivity index (χ0) is 15.6. The van der Waals surface area contributed by atoms with Crippen molar-refractivity contribution in [2.24, 2.45) is 4.99 Å². The van der Waals surface area contributed by atoms with Crippen LogP contribution in [0.3, 0.4) is 0 Å². The van der Waals surface area contributed by atoms with Gasteiger partial charge in [-0.3, -0.25) is 0 Å². The van der Waals surface area contributed by atoms with Crippen LogP contribution >= 0.6 is 0 Å². The molecule has 0 spiro atoms. The van der Waals surface area contributed by atoms with Crippen LogP contribution in [0, 0.1) is 6.92 Å². The Morgan fingerprint density at radius 2 is 2.05 bits per heavy atom. The molecule has 3 rings (SSSR count). The Morgan fingerprint density at radius 3 is 2.73 bits per heavy atom. The Bertz CT molecular complexity index is 764. The minimum Gasteiger partial charge on any atom is -0.469 e. The van der Waals surface area contributed by atoms with E-state index in [2.05, 4.69) is 9.71 Å². The van der Waals surface area contributed by atoms with Gasteiger partial charge < -0.3 is 9.15 Å². The van der Waals surface area contributed by atoms with Crippen LogP contribution < -0.4 is 4.72 Å². The molecular formula is C15H16N2O4S. The summed E-state index contributed by atoms with van der Waals surface area (Å²) < 4.78 is 37.7. The number of aryl methyl sites for hydroxylation is 1. The summed E-state index contributed by atoms with van der Waals surface area (Å²) in [5.74, 6) is 0.952. The molecule has 1 N–H and O–H groups in total. The average molecular weight is 320 g/mol. The summed E-state index contributed by atoms with van der Waals surface area (Å²) in [4.78, 5) is 4.45. The molecule has 1 aliphatic rings. The first-order chi connectivity index (χ1) is 10.5. The molecule has 1 atom stereocenters. The predicted octanol–water partition coefficient (Wildman–Crippen LogP) is 1.71. The molecule has 6 nitrogen and oxygen atoms in total. The van der Waals surface area contributed by atoms with Gasteiger partial charge in [-0.15, -0.1) is 0 Å². The van der Waals surface area contributed by atoms with Crippen LogP contribution in [-0.4, -0.2) is 33.5 Å². The number of aliphatic imine (C=N–C) groups is 1. The number of ether oxygens (including phenoxy) is 1. The Morgan fingerprint density at radius 1 is 1.27 bits per heavy atom. The fourth-order valence-electron chi connectivity index (χ4n) is 2.06. The van der Waals surface area contributed by atoms with E-state index in [1.165, 1.54) is 6.26 Å². The van der Waals surface area contributed by atoms with Crippen molar-refractivity contribution < 1.29 is 17.6 Å². The monoisotopic (exact) mass is 320 g/mol. The van der Waals surface area contributed by atoms with Crippen molar-refractivity contribution in [3.8, 4) is 0 Å². The number of rotatable bonds is 5. The standard InChI is InChI=1S/C15H16N2O4S/c1-11-4-6-13(7-5-11)22(18,19)17-10-12-9-16-15(21-12)14-3-2-8-20-14/h2-8,12,17H,9-10H2,1H3. The van der Waals surface area contributed by atoms with Gasteiger partial charge in [0.25, 0.3) is 5.90 Å². The summed E-state index contributed by atoms with van der Waals surface area (Å²) in [6.07, 6.45) is 1.20. The van der Waals surface area contributed by atoms with Gasteiger partial charge in [-0.1, -0.05) is 17.7 Å². The van der Waals surface area contributed by atoms with Gasteiger partial charge in [0, 0.05) is 6.54 Å². The van der Waals surface area contributed by atoms with Crippen LogP contribution in [-0.2, 0) is 14.8 Å². The minimum absolute atomic E-state index is 0.157. The SMILES string of the molecule is Cc1ccc(S(=O)(=O)NCC2CN=C(c3ccco3)O2)cc1. The first-order valence-corrected chi connectivity index (χ1v) is 8.34. The molecule has 0 radical (unpaired) electrons. The number of hydrogen-bond donors (Lipinski definition) is 1. The summed E-state index contributed by atoms with van der Waals surface area (Å²) in [6, 6.07) is 10.2. The Labute approximate surface area is 128 Å². The fourth-order valence-corrected chi connectivity index (χ4v) is 3.13. The van der Waals surface area contributed by atoms with Gasteiger partial charge in [-0.25, -0.2) is 18.1 Å². The molecule has 0 aliphatic carbocycles. The molecule has 0 saturated heterocycles. The maximum atomic E-state index is 12.2. The van der Waals surface area contributed by atoms with Crippen LogP contribution in [0.1, 0.15) is 11.3 Å². The molecule has 116 valence electrons. The van der Waals surface area contributed by atoms with Crippen LogP contribution in [0.25, 0.3) is 0 Å². The third kappa shape index (κ3) is 3.20. The highest BCUT2D eigenvalue weighted by Crippen LogP contribution is 2.14. The molecular weight excluding hydrogens is 304 g/mol. The molecule has 0 bridgehead atoms. The highest BCUT2D eigenvalue weighted by atomic mass is 32.2. The normalized spacial score (nSPS) is 18.0. The number of benzene rings is 1. The zero-order valence-electron chi connectivity index (χ0n) is 12.0. The molecule has 1 unspecified atom stereocenters. The van der Waals surface area contributed by atoms with E-state index in [1.54, 1.807) is 36.4 Å². The maximum Gasteiger partial charge on any atom is 0.253 e. The smallest absolute Gasteiger partial charge is 0.253 e. The van der Waals surface area contributed by atoms with E-state index in [1.807, 2.05) is 6.92 Å². The molecule has 0 amide bonds. The van der Waals surface area contributed by atoms with E-state index >= 15 is 0 Å². The second kappa shape index (κ2) is 5.94. The quantitative estimate of drug-likeness (QED) is 0.909. The lowest BCUT2D eigenvalue weighted by atomic mass is 10.2. The summed E-state index contributed by atoms with van der Waals surface area (Å²) in [7, 11) is -3.54. The average Bonchev–Trinajstić information content (AvgIpc) is 3.17. The minimum atomic E-state index is -3.54. The van der Waals surface area contributed by atoms with Crippen molar-refractivity contribution in [2.75, 3.05) is 13.1 Å². The van der Waals surface area contributed by atoms with E-state index in [-0.39, 0.29) is 17.5 Å². The molecule has 0 saturated carbocycles. The van der Waals surface area contributed by atoms with Crippen molar-refractivity contribution in [3.63, 3.8) is 0 Å². The first-order valence-electron chi connectivity index (χ1n) is 6.86. The maximum absolute atomic E-state index is 12.2. The topological polar surface area (TPSA) is 80.9 Å². The Kier molecular flexibility index (Phi) is 4.00. The fraction of sp³-hybridized carbons (Fsp3) is 0.267. The summed E-state index contributed by atoms with van der Waals surface area (Å²) >= 11 is 0. The third-order valence-corrected chi connectivity index (χ3v) is 4.72. The molecule has 1 aromatic heterocycles. The van der Waals surface area contributed by atoms with Gasteiger partial charge in [0.2, 0.25) is 10.0 Å². The lowest BCUT2D eigenvalue weighted by Crippen LogP contribution is -2.34. The largest absolute Gasteiger partial charge is 0.469 e. The molecule has 7 heteroatoms. The van der Waals surface area contributed by atoms with Gasteiger partial charge in [-0.2, -0.15) is 0 Å². The summed E-state index contributed by atoms with van der Waals surface area (Å²) in [6.45, 7) is 2.46. The second-order valence-electron chi connectivity index (χ2n) is 5.03. The lowest BCUT2D eigenvalue weighted by molar-refractivity contribution is 0.224. The highest BCUT2D eigenvalue weighted by molar-refractivity contribution is 7.89. The van der Waals surface area contributed by atoms with Crippen LogP contribution in [0.4, 0.5) is 0 Å². The van der Waals surface area contributed by atoms with Gasteiger partial charge >= 0.3 is 0 Å². The van der Waals surface area contributed by atoms with Gasteiger partial charge in [-0.05, 0) is 31.2 Å². The highest BCUT2D eigenvalue weighted by Gasteiger charge is 2.24. The van der Waals surface area contributed by atoms with Crippen molar-refractivity contribution in [2.45, 2.75) is 17.9 Å². The van der Waals surface area contributed by atoms with Crippen LogP contribution in [0.2, 0.25) is 0 Å². The predicted molar refractivity (Wildman–Crippen MR) is 81.4 cm³/mol. The Hall–Kier alpha value is -2.12. The van der Waals surface area contributed by atoms with Crippen molar-refractivity contribution in [1.82, 2.24) is 4.72 Å². The van der Waals surface area contributed by atoms with E-state index in [4.69, 9.17) is 9.15 Å². The number of sulfonamides is 1. The van der Waals surface area contributed by atoms with E-state index < -0.39 is 10.0 Å². The molecule has 1 aliphatic heterocycles. The number of nitrogens with one attached hydrogen (secondary N) is 1. The van der Waals surface area contributed by atoms with Crippen molar-refractivity contribution >= 4 is 15.9 Å². The molecule has 2 aromatic rings. The summed E-state index contributed by atoms with van der Waals surface area (Å²) in [5.41, 5.74) is 1.01. The zero-order valence-corrected chi connectivity index (χ0v) is 12.8. The Balaban J connectivity index is 1.58. The second-order valence-corrected chi connectivity index (χ2v) is 6.79. The number of furan rings is 1. The number of nitrogens with zero attached hydrogens (tertiary/aromatic N) is 1. The lowest BCUT2D eigenvalue weighted by Gasteiger charge is -2.12. The molecule has 22 heavy (non-hydrogen) atoms. The van der Waals surface area contributed by atoms with Gasteiger partial charge in [0.15, 0.2) is 5.76 Å². The molecule has 0 fully saturated rings. The third-order valence-electron chi connectivity index (χ3n) is 3.28. The van der Waals surface area contributed by atoms with Gasteiger partial charge in [0.1, 0.15) is 6.10 Å². The molecule has 2 heterocycles. The van der Waals surface area contributed by atoms with Gasteiger partial charge in [0.05, 0.1) is 17.7 Å². The van der Waals surface area contributed by atoms with Crippen LogP contribution in [0.15, 0.2) is 57.0 Å². The van der Waals surface area contributed by atoms with Crippen molar-refractivity contribution in [3.05, 3.63) is 54.0 Å². The van der Waals surface area contributed by atoms with E-state index in [9.17, 15) is 8.42 Å². The van der Waals surface area contributed by atoms with Crippen molar-refractivity contribution in [1.29, 1.82) is 0 Å². The summed E-state index contributed by atoms with van der Waals surface area (Å²) in [5, 5.41) is 0. The molecule has 1 aromatic carbocycles. The van der Waals surface area contributed by atoms with Crippen LogP contribution in [0.5, 0.6) is 0 Å². The van der Waals surface area contributed by atoms with E-state index in [0.29, 0.717) is 18.2 Å².